The van der Waals surface area contributed by atoms with Crippen molar-refractivity contribution in [1.82, 2.24) is 9.97 Å². The van der Waals surface area contributed by atoms with Crippen molar-refractivity contribution in [3.8, 4) is 17.2 Å². The van der Waals surface area contributed by atoms with E-state index < -0.39 is 0 Å². The number of hydrogen-bond acceptors (Lipinski definition) is 6. The Morgan fingerprint density at radius 1 is 1.19 bits per heavy atom. The van der Waals surface area contributed by atoms with E-state index in [4.69, 9.17) is 14.2 Å². The maximum Gasteiger partial charge on any atom is 0.173 e. The summed E-state index contributed by atoms with van der Waals surface area (Å²) in [6.07, 6.45) is 0. The number of carbonyl (C=O) groups excluding carboxylic acids is 1. The Morgan fingerprint density at radius 3 is 2.88 bits per heavy atom. The van der Waals surface area contributed by atoms with Crippen molar-refractivity contribution in [3.05, 3.63) is 42.0 Å². The SMILES string of the molecule is CCOc1ccc2nc(SCC(=O)c3ccc4c(c3)OCCO4)[nH]c2c1. The number of H-pyrrole nitrogens is 1. The number of aromatic nitrogens is 2. The third-order valence-corrected chi connectivity index (χ3v) is 4.82. The van der Waals surface area contributed by atoms with Crippen LogP contribution in [0.1, 0.15) is 17.3 Å². The van der Waals surface area contributed by atoms with Gasteiger partial charge in [0, 0.05) is 11.6 Å². The fourth-order valence-electron chi connectivity index (χ4n) is 2.72. The molecule has 26 heavy (non-hydrogen) atoms. The van der Waals surface area contributed by atoms with E-state index in [-0.39, 0.29) is 11.5 Å². The Morgan fingerprint density at radius 2 is 2.04 bits per heavy atom. The molecule has 1 N–H and O–H groups in total. The first-order valence-electron chi connectivity index (χ1n) is 8.41. The van der Waals surface area contributed by atoms with Crippen molar-refractivity contribution < 1.29 is 19.0 Å². The van der Waals surface area contributed by atoms with E-state index in [1.165, 1.54) is 11.8 Å². The zero-order valence-corrected chi connectivity index (χ0v) is 15.1. The molecule has 0 bridgehead atoms. The molecule has 1 aliphatic heterocycles. The molecule has 1 aliphatic rings. The van der Waals surface area contributed by atoms with Gasteiger partial charge in [-0.2, -0.15) is 0 Å². The number of hydrogen-bond donors (Lipinski definition) is 1. The third kappa shape index (κ3) is 3.48. The molecule has 3 aromatic rings. The quantitative estimate of drug-likeness (QED) is 0.527. The predicted octanol–water partition coefficient (Wildman–Crippen LogP) is 3.71. The van der Waals surface area contributed by atoms with Crippen molar-refractivity contribution in [2.75, 3.05) is 25.6 Å². The van der Waals surface area contributed by atoms with Crippen LogP contribution >= 0.6 is 11.8 Å². The Kier molecular flexibility index (Phi) is 4.71. The van der Waals surface area contributed by atoms with Gasteiger partial charge in [0.25, 0.3) is 0 Å². The van der Waals surface area contributed by atoms with Gasteiger partial charge in [0.1, 0.15) is 19.0 Å². The monoisotopic (exact) mass is 370 g/mol. The maximum atomic E-state index is 12.5. The molecule has 0 saturated heterocycles. The van der Waals surface area contributed by atoms with Gasteiger partial charge in [-0.3, -0.25) is 4.79 Å². The number of rotatable bonds is 6. The normalized spacial score (nSPS) is 13.0. The number of Topliss-reactive ketones (excluding diaryl/α,β-unsaturated/α-hetero) is 1. The Hall–Kier alpha value is -2.67. The van der Waals surface area contributed by atoms with Crippen molar-refractivity contribution in [2.24, 2.45) is 0 Å². The van der Waals surface area contributed by atoms with E-state index >= 15 is 0 Å². The van der Waals surface area contributed by atoms with Gasteiger partial charge in [-0.25, -0.2) is 4.98 Å². The highest BCUT2D eigenvalue weighted by atomic mass is 32.2. The Bertz CT molecular complexity index is 954. The van der Waals surface area contributed by atoms with Crippen molar-refractivity contribution >= 4 is 28.6 Å². The van der Waals surface area contributed by atoms with Gasteiger partial charge >= 0.3 is 0 Å². The summed E-state index contributed by atoms with van der Waals surface area (Å²) in [6, 6.07) is 11.0. The second kappa shape index (κ2) is 7.29. The van der Waals surface area contributed by atoms with E-state index in [0.717, 1.165) is 16.8 Å². The number of ether oxygens (including phenoxy) is 3. The third-order valence-electron chi connectivity index (χ3n) is 3.95. The molecule has 0 radical (unpaired) electrons. The molecule has 0 saturated carbocycles. The lowest BCUT2D eigenvalue weighted by molar-refractivity contribution is 0.102. The maximum absolute atomic E-state index is 12.5. The average molecular weight is 370 g/mol. The standard InChI is InChI=1S/C19H18N2O4S/c1-2-23-13-4-5-14-15(10-13)21-19(20-14)26-11-16(22)12-3-6-17-18(9-12)25-8-7-24-17/h3-6,9-10H,2,7-8,11H2,1H3,(H,20,21). The molecule has 0 spiro atoms. The second-order valence-electron chi connectivity index (χ2n) is 5.72. The van der Waals surface area contributed by atoms with E-state index in [9.17, 15) is 4.79 Å². The summed E-state index contributed by atoms with van der Waals surface area (Å²) < 4.78 is 16.5. The number of benzene rings is 2. The van der Waals surface area contributed by atoms with Gasteiger partial charge in [-0.05, 0) is 37.3 Å². The summed E-state index contributed by atoms with van der Waals surface area (Å²) in [6.45, 7) is 3.60. The molecule has 0 unspecified atom stereocenters. The molecule has 7 heteroatoms. The van der Waals surface area contributed by atoms with E-state index in [0.29, 0.717) is 42.0 Å². The molecule has 134 valence electrons. The van der Waals surface area contributed by atoms with E-state index in [2.05, 4.69) is 9.97 Å². The van der Waals surface area contributed by atoms with Crippen LogP contribution in [0.2, 0.25) is 0 Å². The first-order valence-corrected chi connectivity index (χ1v) is 9.39. The number of ketones is 1. The minimum absolute atomic E-state index is 0.0161. The second-order valence-corrected chi connectivity index (χ2v) is 6.69. The Labute approximate surface area is 154 Å². The highest BCUT2D eigenvalue weighted by Crippen LogP contribution is 2.31. The molecule has 2 aromatic carbocycles. The van der Waals surface area contributed by atoms with Gasteiger partial charge < -0.3 is 19.2 Å². The number of thioether (sulfide) groups is 1. The van der Waals surface area contributed by atoms with E-state index in [1.807, 2.05) is 25.1 Å². The molecule has 6 nitrogen and oxygen atoms in total. The number of nitrogens with zero attached hydrogens (tertiary/aromatic N) is 1. The molecule has 0 aliphatic carbocycles. The van der Waals surface area contributed by atoms with Crippen LogP contribution in [-0.4, -0.2) is 41.3 Å². The summed E-state index contributed by atoms with van der Waals surface area (Å²) in [5, 5.41) is 0.708. The van der Waals surface area contributed by atoms with Crippen LogP contribution in [-0.2, 0) is 0 Å². The largest absolute Gasteiger partial charge is 0.494 e. The van der Waals surface area contributed by atoms with Crippen LogP contribution < -0.4 is 14.2 Å². The Balaban J connectivity index is 1.45. The van der Waals surface area contributed by atoms with Crippen molar-refractivity contribution in [1.29, 1.82) is 0 Å². The number of imidazole rings is 1. The van der Waals surface area contributed by atoms with Crippen LogP contribution in [0.25, 0.3) is 11.0 Å². The van der Waals surface area contributed by atoms with Gasteiger partial charge in [-0.15, -0.1) is 0 Å². The highest BCUT2D eigenvalue weighted by molar-refractivity contribution is 7.99. The summed E-state index contributed by atoms with van der Waals surface area (Å²) in [4.78, 5) is 20.2. The van der Waals surface area contributed by atoms with Crippen LogP contribution in [0.3, 0.4) is 0 Å². The van der Waals surface area contributed by atoms with Crippen LogP contribution in [0.5, 0.6) is 17.2 Å². The van der Waals surface area contributed by atoms with Gasteiger partial charge in [0.2, 0.25) is 0 Å². The molecule has 2 heterocycles. The van der Waals surface area contributed by atoms with Crippen molar-refractivity contribution in [2.45, 2.75) is 12.1 Å². The fourth-order valence-corrected chi connectivity index (χ4v) is 3.50. The van der Waals surface area contributed by atoms with Gasteiger partial charge in [0.15, 0.2) is 22.4 Å². The topological polar surface area (TPSA) is 73.4 Å². The summed E-state index contributed by atoms with van der Waals surface area (Å²) >= 11 is 1.38. The molecule has 0 amide bonds. The number of carbonyl (C=O) groups is 1. The zero-order chi connectivity index (χ0) is 17.9. The lowest BCUT2D eigenvalue weighted by Crippen LogP contribution is -2.16. The van der Waals surface area contributed by atoms with Crippen LogP contribution in [0, 0.1) is 0 Å². The number of aromatic amines is 1. The summed E-state index contributed by atoms with van der Waals surface area (Å²) in [7, 11) is 0. The molecule has 0 atom stereocenters. The number of nitrogens with one attached hydrogen (secondary N) is 1. The van der Waals surface area contributed by atoms with Crippen molar-refractivity contribution in [3.63, 3.8) is 0 Å². The molecule has 0 fully saturated rings. The molecular weight excluding hydrogens is 352 g/mol. The lowest BCUT2D eigenvalue weighted by atomic mass is 10.1. The molecule has 4 rings (SSSR count). The highest BCUT2D eigenvalue weighted by Gasteiger charge is 2.16. The van der Waals surface area contributed by atoms with E-state index in [1.54, 1.807) is 18.2 Å². The van der Waals surface area contributed by atoms with Gasteiger partial charge in [-0.1, -0.05) is 11.8 Å². The smallest absolute Gasteiger partial charge is 0.173 e. The van der Waals surface area contributed by atoms with Gasteiger partial charge in [0.05, 0.1) is 23.4 Å². The lowest BCUT2D eigenvalue weighted by Gasteiger charge is -2.18. The summed E-state index contributed by atoms with van der Waals surface area (Å²) in [5.41, 5.74) is 2.35. The van der Waals surface area contributed by atoms with Crippen LogP contribution in [0.4, 0.5) is 0 Å². The first kappa shape index (κ1) is 16.8. The predicted molar refractivity (Wildman–Crippen MR) is 99.7 cm³/mol. The molecule has 1 aromatic heterocycles. The average Bonchev–Trinajstić information content (AvgIpc) is 3.08. The fraction of sp³-hybridized carbons (Fsp3) is 0.263. The van der Waals surface area contributed by atoms with Crippen LogP contribution in [0.15, 0.2) is 41.6 Å². The minimum Gasteiger partial charge on any atom is -0.494 e. The molecular formula is C19H18N2O4S. The number of fused-ring (bicyclic) bond motifs is 2. The zero-order valence-electron chi connectivity index (χ0n) is 14.3. The summed E-state index contributed by atoms with van der Waals surface area (Å²) in [5.74, 6) is 2.41. The first-order chi connectivity index (χ1) is 12.7. The minimum atomic E-state index is 0.0161.